The number of rotatable bonds is 6. The van der Waals surface area contributed by atoms with E-state index in [9.17, 15) is 9.59 Å². The molecule has 0 fully saturated rings. The summed E-state index contributed by atoms with van der Waals surface area (Å²) in [4.78, 5) is 24.2. The van der Waals surface area contributed by atoms with Crippen molar-refractivity contribution in [2.24, 2.45) is 5.92 Å². The Labute approximate surface area is 125 Å². The summed E-state index contributed by atoms with van der Waals surface area (Å²) >= 11 is 0. The van der Waals surface area contributed by atoms with E-state index in [-0.39, 0.29) is 11.8 Å². The molecule has 1 unspecified atom stereocenters. The predicted octanol–water partition coefficient (Wildman–Crippen LogP) is 1.66. The van der Waals surface area contributed by atoms with Gasteiger partial charge in [0.2, 0.25) is 0 Å². The minimum absolute atomic E-state index is 0.261. The van der Waals surface area contributed by atoms with E-state index in [0.717, 1.165) is 0 Å². The van der Waals surface area contributed by atoms with Gasteiger partial charge in [0, 0.05) is 0 Å². The molecule has 21 heavy (non-hydrogen) atoms. The molecule has 0 aliphatic rings. The number of nitrogens with one attached hydrogen (secondary N) is 1. The topological polar surface area (TPSA) is 81.2 Å². The van der Waals surface area contributed by atoms with Crippen LogP contribution in [0.25, 0.3) is 0 Å². The summed E-state index contributed by atoms with van der Waals surface area (Å²) in [6, 6.07) is 1.03. The summed E-state index contributed by atoms with van der Waals surface area (Å²) in [5, 5.41) is 10.7. The lowest BCUT2D eigenvalue weighted by atomic mass is 10.0. The van der Waals surface area contributed by atoms with Crippen molar-refractivity contribution >= 4 is 11.9 Å². The third-order valence-electron chi connectivity index (χ3n) is 3.07. The largest absolute Gasteiger partial charge is 0.467 e. The van der Waals surface area contributed by atoms with Crippen LogP contribution in [-0.4, -0.2) is 35.2 Å². The molecule has 1 aromatic heterocycles. The average Bonchev–Trinajstić information content (AvgIpc) is 2.45. The van der Waals surface area contributed by atoms with Crippen molar-refractivity contribution in [3.8, 4) is 0 Å². The molecule has 0 aliphatic heterocycles. The van der Waals surface area contributed by atoms with Crippen molar-refractivity contribution in [3.63, 3.8) is 0 Å². The first-order chi connectivity index (χ1) is 9.88. The molecule has 1 aromatic rings. The first-order valence-electron chi connectivity index (χ1n) is 7.10. The first kappa shape index (κ1) is 17.1. The monoisotopic (exact) mass is 293 g/mol. The first-order valence-corrected chi connectivity index (χ1v) is 7.10. The predicted molar refractivity (Wildman–Crippen MR) is 78.9 cm³/mol. The van der Waals surface area contributed by atoms with Gasteiger partial charge in [-0.1, -0.05) is 20.8 Å². The minimum atomic E-state index is -0.652. The maximum atomic E-state index is 12.4. The van der Waals surface area contributed by atoms with E-state index in [2.05, 4.69) is 15.5 Å². The fourth-order valence-electron chi connectivity index (χ4n) is 2.04. The number of carbonyl (C=O) groups is 2. The van der Waals surface area contributed by atoms with E-state index in [1.165, 1.54) is 7.11 Å². The standard InChI is InChI=1S/C15H23N3O3/c1-6-12-11(8-10(4)17-18-12)14(19)16-13(7-9(2)3)15(20)21-5/h8-9,13H,6-7H2,1-5H3,(H,16,19). The number of esters is 1. The van der Waals surface area contributed by atoms with Gasteiger partial charge in [0.25, 0.3) is 5.91 Å². The summed E-state index contributed by atoms with van der Waals surface area (Å²) in [7, 11) is 1.32. The molecule has 1 N–H and O–H groups in total. The smallest absolute Gasteiger partial charge is 0.328 e. The molecule has 0 radical (unpaired) electrons. The number of carbonyl (C=O) groups excluding carboxylic acids is 2. The zero-order chi connectivity index (χ0) is 16.0. The molecule has 6 nitrogen and oxygen atoms in total. The maximum absolute atomic E-state index is 12.4. The third kappa shape index (κ3) is 4.81. The molecule has 0 aromatic carbocycles. The lowest BCUT2D eigenvalue weighted by molar-refractivity contribution is -0.143. The second kappa shape index (κ2) is 7.71. The van der Waals surface area contributed by atoms with Crippen molar-refractivity contribution in [2.75, 3.05) is 7.11 Å². The molecule has 1 rings (SSSR count). The van der Waals surface area contributed by atoms with Gasteiger partial charge in [-0.05, 0) is 31.7 Å². The van der Waals surface area contributed by atoms with Crippen LogP contribution >= 0.6 is 0 Å². The van der Waals surface area contributed by atoms with Gasteiger partial charge in [-0.3, -0.25) is 4.79 Å². The van der Waals surface area contributed by atoms with E-state index in [1.54, 1.807) is 13.0 Å². The summed E-state index contributed by atoms with van der Waals surface area (Å²) in [6.45, 7) is 7.65. The minimum Gasteiger partial charge on any atom is -0.467 e. The van der Waals surface area contributed by atoms with Gasteiger partial charge in [-0.15, -0.1) is 0 Å². The molecule has 1 atom stereocenters. The summed E-state index contributed by atoms with van der Waals surface area (Å²) in [5.41, 5.74) is 1.74. The second-order valence-corrected chi connectivity index (χ2v) is 5.38. The number of amides is 1. The van der Waals surface area contributed by atoms with Crippen LogP contribution in [0.1, 0.15) is 48.9 Å². The quantitative estimate of drug-likeness (QED) is 0.807. The lowest BCUT2D eigenvalue weighted by Crippen LogP contribution is -2.42. The molecule has 1 heterocycles. The normalized spacial score (nSPS) is 12.1. The van der Waals surface area contributed by atoms with Crippen molar-refractivity contribution in [1.29, 1.82) is 0 Å². The number of ether oxygens (including phenoxy) is 1. The van der Waals surface area contributed by atoms with Crippen LogP contribution < -0.4 is 5.32 Å². The molecule has 0 aliphatic carbocycles. The van der Waals surface area contributed by atoms with Gasteiger partial charge in [0.05, 0.1) is 24.1 Å². The highest BCUT2D eigenvalue weighted by Gasteiger charge is 2.24. The average molecular weight is 293 g/mol. The van der Waals surface area contributed by atoms with Crippen LogP contribution in [-0.2, 0) is 16.0 Å². The summed E-state index contributed by atoms with van der Waals surface area (Å²) < 4.78 is 4.75. The Morgan fingerprint density at radius 2 is 2.00 bits per heavy atom. The van der Waals surface area contributed by atoms with Crippen LogP contribution in [0, 0.1) is 12.8 Å². The van der Waals surface area contributed by atoms with E-state index in [0.29, 0.717) is 29.8 Å². The fourth-order valence-corrected chi connectivity index (χ4v) is 2.04. The zero-order valence-corrected chi connectivity index (χ0v) is 13.3. The van der Waals surface area contributed by atoms with E-state index < -0.39 is 12.0 Å². The molecule has 0 saturated heterocycles. The van der Waals surface area contributed by atoms with Crippen LogP contribution in [0.5, 0.6) is 0 Å². The lowest BCUT2D eigenvalue weighted by Gasteiger charge is -2.19. The number of hydrogen-bond donors (Lipinski definition) is 1. The Hall–Kier alpha value is -1.98. The third-order valence-corrected chi connectivity index (χ3v) is 3.07. The molecule has 0 saturated carbocycles. The van der Waals surface area contributed by atoms with Gasteiger partial charge in [0.1, 0.15) is 6.04 Å². The molecule has 0 spiro atoms. The Balaban J connectivity index is 2.96. The Morgan fingerprint density at radius 1 is 1.33 bits per heavy atom. The van der Waals surface area contributed by atoms with Crippen molar-refractivity contribution in [2.45, 2.75) is 46.6 Å². The van der Waals surface area contributed by atoms with Crippen molar-refractivity contribution in [3.05, 3.63) is 23.0 Å². The molecular formula is C15H23N3O3. The highest BCUT2D eigenvalue weighted by atomic mass is 16.5. The van der Waals surface area contributed by atoms with Crippen LogP contribution in [0.15, 0.2) is 6.07 Å². The molecular weight excluding hydrogens is 270 g/mol. The number of aryl methyl sites for hydroxylation is 2. The van der Waals surface area contributed by atoms with Gasteiger partial charge < -0.3 is 10.1 Å². The summed E-state index contributed by atoms with van der Waals surface area (Å²) in [5.74, 6) is -0.493. The highest BCUT2D eigenvalue weighted by molar-refractivity contribution is 5.97. The van der Waals surface area contributed by atoms with Gasteiger partial charge in [0.15, 0.2) is 0 Å². The Kier molecular flexibility index (Phi) is 6.27. The SMILES string of the molecule is CCc1nnc(C)cc1C(=O)NC(CC(C)C)C(=O)OC. The molecule has 1 amide bonds. The van der Waals surface area contributed by atoms with E-state index in [4.69, 9.17) is 4.74 Å². The van der Waals surface area contributed by atoms with Crippen molar-refractivity contribution in [1.82, 2.24) is 15.5 Å². The van der Waals surface area contributed by atoms with Crippen LogP contribution in [0.3, 0.4) is 0 Å². The molecule has 6 heteroatoms. The number of aromatic nitrogens is 2. The molecule has 0 bridgehead atoms. The Morgan fingerprint density at radius 3 is 2.52 bits per heavy atom. The maximum Gasteiger partial charge on any atom is 0.328 e. The zero-order valence-electron chi connectivity index (χ0n) is 13.3. The summed E-state index contributed by atoms with van der Waals surface area (Å²) in [6.07, 6.45) is 1.13. The highest BCUT2D eigenvalue weighted by Crippen LogP contribution is 2.11. The van der Waals surface area contributed by atoms with Crippen LogP contribution in [0.2, 0.25) is 0 Å². The second-order valence-electron chi connectivity index (χ2n) is 5.38. The van der Waals surface area contributed by atoms with E-state index in [1.807, 2.05) is 20.8 Å². The molecule has 116 valence electrons. The fraction of sp³-hybridized carbons (Fsp3) is 0.600. The number of methoxy groups -OCH3 is 1. The van der Waals surface area contributed by atoms with Gasteiger partial charge in [-0.2, -0.15) is 10.2 Å². The Bertz CT molecular complexity index is 515. The van der Waals surface area contributed by atoms with Crippen LogP contribution in [0.4, 0.5) is 0 Å². The number of nitrogens with zero attached hydrogens (tertiary/aromatic N) is 2. The van der Waals surface area contributed by atoms with Gasteiger partial charge >= 0.3 is 5.97 Å². The van der Waals surface area contributed by atoms with Crippen molar-refractivity contribution < 1.29 is 14.3 Å². The van der Waals surface area contributed by atoms with Gasteiger partial charge in [-0.25, -0.2) is 4.79 Å². The number of hydrogen-bond acceptors (Lipinski definition) is 5. The van der Waals surface area contributed by atoms with E-state index >= 15 is 0 Å².